The number of hydrogen-bond donors (Lipinski definition) is 0. The van der Waals surface area contributed by atoms with E-state index in [-0.39, 0.29) is 0 Å². The Morgan fingerprint density at radius 1 is 1.08 bits per heavy atom. The van der Waals surface area contributed by atoms with Crippen LogP contribution in [0.25, 0.3) is 22.0 Å². The Kier molecular flexibility index (Phi) is 4.88. The third-order valence-electron chi connectivity index (χ3n) is 3.65. The maximum atomic E-state index is 8.85. The molecule has 0 fully saturated rings. The van der Waals surface area contributed by atoms with E-state index in [2.05, 4.69) is 23.2 Å². The largest absolute Gasteiger partial charge is 0.497 e. The van der Waals surface area contributed by atoms with Crippen molar-refractivity contribution in [1.82, 2.24) is 4.98 Å². The molecule has 1 heterocycles. The minimum absolute atomic E-state index is 0.355. The monoisotopic (exact) mass is 336 g/mol. The molecule has 0 aliphatic carbocycles. The van der Waals surface area contributed by atoms with E-state index in [0.29, 0.717) is 17.3 Å². The Balaban J connectivity index is 2.31. The second-order valence-corrected chi connectivity index (χ2v) is 6.04. The molecule has 5 heteroatoms. The first kappa shape index (κ1) is 16.2. The van der Waals surface area contributed by atoms with E-state index >= 15 is 0 Å². The van der Waals surface area contributed by atoms with Gasteiger partial charge in [0, 0.05) is 12.1 Å². The zero-order chi connectivity index (χ0) is 16.9. The van der Waals surface area contributed by atoms with Crippen molar-refractivity contribution in [3.05, 3.63) is 48.5 Å². The van der Waals surface area contributed by atoms with Crippen molar-refractivity contribution in [2.45, 2.75) is 5.03 Å². The molecule has 2 aromatic carbocycles. The predicted molar refractivity (Wildman–Crippen MR) is 96.6 cm³/mol. The highest BCUT2D eigenvalue weighted by Gasteiger charge is 2.14. The number of fused-ring (bicyclic) bond motifs is 1. The standard InChI is InChI=1S/C19H16N2O2S/c1-22-14-10-16-19(17(11-14)23-2)15(13-6-4-3-5-7-13)12-18(21-16)24-9-8-20/h3-7,10-12H,9H2,1-2H3. The lowest BCUT2D eigenvalue weighted by Crippen LogP contribution is -1.94. The number of pyridine rings is 1. The molecule has 0 aliphatic rings. The molecule has 0 radical (unpaired) electrons. The zero-order valence-electron chi connectivity index (χ0n) is 13.4. The van der Waals surface area contributed by atoms with Crippen molar-refractivity contribution >= 4 is 22.7 Å². The van der Waals surface area contributed by atoms with Crippen LogP contribution in [0.4, 0.5) is 0 Å². The lowest BCUT2D eigenvalue weighted by atomic mass is 10.0. The van der Waals surface area contributed by atoms with Crippen molar-refractivity contribution in [3.63, 3.8) is 0 Å². The third-order valence-corrected chi connectivity index (χ3v) is 4.43. The first-order valence-corrected chi connectivity index (χ1v) is 8.37. The Bertz CT molecular complexity index is 905. The van der Waals surface area contributed by atoms with Gasteiger partial charge in [-0.3, -0.25) is 0 Å². The Morgan fingerprint density at radius 3 is 2.54 bits per heavy atom. The Labute approximate surface area is 145 Å². The molecule has 0 N–H and O–H groups in total. The second kappa shape index (κ2) is 7.24. The van der Waals surface area contributed by atoms with Crippen molar-refractivity contribution in [1.29, 1.82) is 5.26 Å². The predicted octanol–water partition coefficient (Wildman–Crippen LogP) is 4.53. The van der Waals surface area contributed by atoms with Gasteiger partial charge in [0.2, 0.25) is 0 Å². The highest BCUT2D eigenvalue weighted by atomic mass is 32.2. The first-order chi connectivity index (χ1) is 11.8. The maximum Gasteiger partial charge on any atom is 0.132 e. The van der Waals surface area contributed by atoms with Crippen LogP contribution >= 0.6 is 11.8 Å². The van der Waals surface area contributed by atoms with Gasteiger partial charge >= 0.3 is 0 Å². The van der Waals surface area contributed by atoms with E-state index in [9.17, 15) is 0 Å². The van der Waals surface area contributed by atoms with Crippen molar-refractivity contribution in [2.24, 2.45) is 0 Å². The van der Waals surface area contributed by atoms with Crippen LogP contribution in [0.3, 0.4) is 0 Å². The molecule has 0 unspecified atom stereocenters. The number of hydrogen-bond acceptors (Lipinski definition) is 5. The van der Waals surface area contributed by atoms with Gasteiger partial charge in [-0.05, 0) is 17.2 Å². The summed E-state index contributed by atoms with van der Waals surface area (Å²) in [5, 5.41) is 10.6. The highest BCUT2D eigenvalue weighted by Crippen LogP contribution is 2.39. The lowest BCUT2D eigenvalue weighted by molar-refractivity contribution is 0.398. The van der Waals surface area contributed by atoms with Crippen LogP contribution in [0.5, 0.6) is 11.5 Å². The van der Waals surface area contributed by atoms with Gasteiger partial charge in [0.25, 0.3) is 0 Å². The number of rotatable bonds is 5. The summed E-state index contributed by atoms with van der Waals surface area (Å²) in [4.78, 5) is 4.67. The van der Waals surface area contributed by atoms with Crippen LogP contribution < -0.4 is 9.47 Å². The van der Waals surface area contributed by atoms with Crippen molar-refractivity contribution in [3.8, 4) is 28.7 Å². The van der Waals surface area contributed by atoms with Crippen LogP contribution in [-0.2, 0) is 0 Å². The van der Waals surface area contributed by atoms with Crippen LogP contribution in [-0.4, -0.2) is 25.0 Å². The van der Waals surface area contributed by atoms with E-state index in [1.165, 1.54) is 11.8 Å². The summed E-state index contributed by atoms with van der Waals surface area (Å²) < 4.78 is 10.9. The molecule has 1 aromatic heterocycles. The van der Waals surface area contributed by atoms with E-state index in [1.807, 2.05) is 36.4 Å². The van der Waals surface area contributed by atoms with Crippen molar-refractivity contribution in [2.75, 3.05) is 20.0 Å². The topological polar surface area (TPSA) is 55.1 Å². The molecular formula is C19H16N2O2S. The fourth-order valence-electron chi connectivity index (χ4n) is 2.59. The Morgan fingerprint density at radius 2 is 1.88 bits per heavy atom. The molecule has 0 spiro atoms. The highest BCUT2D eigenvalue weighted by molar-refractivity contribution is 7.99. The zero-order valence-corrected chi connectivity index (χ0v) is 14.3. The molecule has 0 saturated carbocycles. The molecule has 24 heavy (non-hydrogen) atoms. The minimum Gasteiger partial charge on any atom is -0.497 e. The first-order valence-electron chi connectivity index (χ1n) is 7.38. The summed E-state index contributed by atoms with van der Waals surface area (Å²) in [7, 11) is 3.26. The molecule has 0 atom stereocenters. The molecule has 120 valence electrons. The van der Waals surface area contributed by atoms with Gasteiger partial charge in [0.1, 0.15) is 11.5 Å². The van der Waals surface area contributed by atoms with Crippen LogP contribution in [0.15, 0.2) is 53.6 Å². The van der Waals surface area contributed by atoms with Gasteiger partial charge in [0.05, 0.1) is 42.0 Å². The molecule has 0 bridgehead atoms. The maximum absolute atomic E-state index is 8.85. The summed E-state index contributed by atoms with van der Waals surface area (Å²) in [5.41, 5.74) is 2.89. The third kappa shape index (κ3) is 3.15. The summed E-state index contributed by atoms with van der Waals surface area (Å²) in [6.07, 6.45) is 0. The summed E-state index contributed by atoms with van der Waals surface area (Å²) in [6.45, 7) is 0. The fourth-order valence-corrected chi connectivity index (χ4v) is 3.16. The summed E-state index contributed by atoms with van der Waals surface area (Å²) >= 11 is 1.42. The Hall–Kier alpha value is -2.71. The van der Waals surface area contributed by atoms with Gasteiger partial charge in [-0.2, -0.15) is 5.26 Å². The van der Waals surface area contributed by atoms with E-state index in [4.69, 9.17) is 14.7 Å². The average Bonchev–Trinajstić information content (AvgIpc) is 2.65. The van der Waals surface area contributed by atoms with Gasteiger partial charge in [-0.25, -0.2) is 4.98 Å². The number of benzene rings is 2. The summed E-state index contributed by atoms with van der Waals surface area (Å²) in [6, 6.07) is 18.0. The van der Waals surface area contributed by atoms with Gasteiger partial charge in [-0.15, -0.1) is 0 Å². The number of aromatic nitrogens is 1. The molecular weight excluding hydrogens is 320 g/mol. The minimum atomic E-state index is 0.355. The van der Waals surface area contributed by atoms with E-state index < -0.39 is 0 Å². The SMILES string of the molecule is COc1cc(OC)c2c(-c3ccccc3)cc(SCC#N)nc2c1. The summed E-state index contributed by atoms with van der Waals surface area (Å²) in [5.74, 6) is 1.76. The van der Waals surface area contributed by atoms with E-state index in [0.717, 1.165) is 27.1 Å². The number of ether oxygens (including phenoxy) is 2. The second-order valence-electron chi connectivity index (χ2n) is 5.04. The van der Waals surface area contributed by atoms with Gasteiger partial charge < -0.3 is 9.47 Å². The lowest BCUT2D eigenvalue weighted by Gasteiger charge is -2.14. The van der Waals surface area contributed by atoms with Gasteiger partial charge in [-0.1, -0.05) is 42.1 Å². The molecule has 0 saturated heterocycles. The normalized spacial score (nSPS) is 10.4. The molecule has 4 nitrogen and oxygen atoms in total. The number of thioether (sulfide) groups is 1. The molecule has 3 rings (SSSR count). The van der Waals surface area contributed by atoms with Crippen LogP contribution in [0.2, 0.25) is 0 Å². The number of methoxy groups -OCH3 is 2. The smallest absolute Gasteiger partial charge is 0.132 e. The molecule has 3 aromatic rings. The quantitative estimate of drug-likeness (QED) is 0.641. The molecule has 0 aliphatic heterocycles. The van der Waals surface area contributed by atoms with Gasteiger partial charge in [0.15, 0.2) is 0 Å². The fraction of sp³-hybridized carbons (Fsp3) is 0.158. The van der Waals surface area contributed by atoms with Crippen molar-refractivity contribution < 1.29 is 9.47 Å². The number of nitrogens with zero attached hydrogens (tertiary/aromatic N) is 2. The van der Waals surface area contributed by atoms with Crippen LogP contribution in [0, 0.1) is 11.3 Å². The molecule has 0 amide bonds. The van der Waals surface area contributed by atoms with E-state index in [1.54, 1.807) is 14.2 Å². The van der Waals surface area contributed by atoms with Crippen LogP contribution in [0.1, 0.15) is 0 Å². The average molecular weight is 336 g/mol. The number of nitriles is 1.